The van der Waals surface area contributed by atoms with E-state index in [1.165, 1.54) is 0 Å². The van der Waals surface area contributed by atoms with Crippen molar-refractivity contribution in [3.63, 3.8) is 0 Å². The largest absolute Gasteiger partial charge is 0.334 e. The summed E-state index contributed by atoms with van der Waals surface area (Å²) < 4.78 is 25.1. The lowest BCUT2D eigenvalue weighted by Gasteiger charge is -2.22. The van der Waals surface area contributed by atoms with Gasteiger partial charge in [-0.3, -0.25) is 0 Å². The Labute approximate surface area is 102 Å². The number of nitrogens with zero attached hydrogens (tertiary/aromatic N) is 2. The average Bonchev–Trinajstić information content (AvgIpc) is 2.87. The van der Waals surface area contributed by atoms with Crippen LogP contribution in [0.1, 0.15) is 25.2 Å². The van der Waals surface area contributed by atoms with Gasteiger partial charge in [0, 0.05) is 18.9 Å². The Morgan fingerprint density at radius 2 is 2.41 bits per heavy atom. The summed E-state index contributed by atoms with van der Waals surface area (Å²) in [7, 11) is -0.973. The summed E-state index contributed by atoms with van der Waals surface area (Å²) in [5.74, 6) is 1.66. The minimum atomic E-state index is -2.84. The summed E-state index contributed by atoms with van der Waals surface area (Å²) in [6.45, 7) is 2.91. The third-order valence-electron chi connectivity index (χ3n) is 3.42. The van der Waals surface area contributed by atoms with Gasteiger partial charge in [0.1, 0.15) is 5.82 Å². The van der Waals surface area contributed by atoms with Crippen LogP contribution in [0.5, 0.6) is 0 Å². The highest BCUT2D eigenvalue weighted by molar-refractivity contribution is 7.91. The Balaban J connectivity index is 2.23. The molecule has 1 aromatic heterocycles. The molecule has 0 amide bonds. The molecule has 0 aliphatic carbocycles. The highest BCUT2D eigenvalue weighted by Gasteiger charge is 2.35. The van der Waals surface area contributed by atoms with Crippen molar-refractivity contribution in [2.75, 3.05) is 18.6 Å². The first-order valence-corrected chi connectivity index (χ1v) is 7.78. The highest BCUT2D eigenvalue weighted by atomic mass is 32.2. The molecule has 5 nitrogen and oxygen atoms in total. The second-order valence-corrected chi connectivity index (χ2v) is 6.73. The van der Waals surface area contributed by atoms with Crippen molar-refractivity contribution in [1.29, 1.82) is 0 Å². The molecule has 1 N–H and O–H groups in total. The molecule has 1 aromatic rings. The molecule has 1 aliphatic rings. The molecule has 0 radical (unpaired) electrons. The van der Waals surface area contributed by atoms with Crippen LogP contribution in [0.4, 0.5) is 0 Å². The van der Waals surface area contributed by atoms with Gasteiger partial charge in [-0.05, 0) is 26.3 Å². The first-order chi connectivity index (χ1) is 8.07. The van der Waals surface area contributed by atoms with Crippen molar-refractivity contribution >= 4 is 9.84 Å². The lowest BCUT2D eigenvalue weighted by atomic mass is 9.98. The summed E-state index contributed by atoms with van der Waals surface area (Å²) in [5, 5.41) is 3.21. The molecule has 1 aliphatic heterocycles. The summed E-state index contributed by atoms with van der Waals surface area (Å²) in [5.41, 5.74) is 0. The van der Waals surface area contributed by atoms with Gasteiger partial charge in [0.25, 0.3) is 0 Å². The van der Waals surface area contributed by atoms with Gasteiger partial charge in [0.15, 0.2) is 9.84 Å². The van der Waals surface area contributed by atoms with Crippen LogP contribution in [0.15, 0.2) is 12.4 Å². The number of nitrogens with one attached hydrogen (secondary N) is 1. The lowest BCUT2D eigenvalue weighted by molar-refractivity contribution is 0.388. The van der Waals surface area contributed by atoms with Gasteiger partial charge in [-0.15, -0.1) is 0 Å². The fourth-order valence-corrected chi connectivity index (χ4v) is 4.37. The zero-order valence-corrected chi connectivity index (χ0v) is 11.1. The zero-order valence-electron chi connectivity index (χ0n) is 10.3. The first-order valence-electron chi connectivity index (χ1n) is 5.96. The fourth-order valence-electron chi connectivity index (χ4n) is 2.53. The Morgan fingerprint density at radius 1 is 1.65 bits per heavy atom. The Bertz CT molecular complexity index is 481. The molecule has 0 aromatic carbocycles. The zero-order chi connectivity index (χ0) is 12.5. The van der Waals surface area contributed by atoms with E-state index >= 15 is 0 Å². The second kappa shape index (κ2) is 4.78. The summed E-state index contributed by atoms with van der Waals surface area (Å²) in [6, 6.07) is 0.0298. The van der Waals surface area contributed by atoms with Crippen molar-refractivity contribution < 1.29 is 8.42 Å². The van der Waals surface area contributed by atoms with E-state index < -0.39 is 9.84 Å². The normalized spacial score (nSPS) is 24.9. The number of sulfone groups is 1. The summed E-state index contributed by atoms with van der Waals surface area (Å²) in [4.78, 5) is 4.36. The van der Waals surface area contributed by atoms with Crippen LogP contribution >= 0.6 is 0 Å². The van der Waals surface area contributed by atoms with Crippen molar-refractivity contribution in [2.24, 2.45) is 5.92 Å². The van der Waals surface area contributed by atoms with Gasteiger partial charge in [0.2, 0.25) is 0 Å². The van der Waals surface area contributed by atoms with E-state index in [9.17, 15) is 8.42 Å². The maximum absolute atomic E-state index is 11.5. The number of aromatic nitrogens is 2. The monoisotopic (exact) mass is 257 g/mol. The number of hydrogen-bond acceptors (Lipinski definition) is 4. The number of imidazole rings is 1. The van der Waals surface area contributed by atoms with Crippen molar-refractivity contribution in [1.82, 2.24) is 14.9 Å². The third-order valence-corrected chi connectivity index (χ3v) is 5.21. The molecule has 0 spiro atoms. The Kier molecular flexibility index (Phi) is 3.53. The molecular formula is C11H19N3O2S. The molecule has 2 unspecified atom stereocenters. The number of rotatable bonds is 4. The Morgan fingerprint density at radius 3 is 2.94 bits per heavy atom. The molecule has 0 saturated carbocycles. The van der Waals surface area contributed by atoms with Crippen LogP contribution in [-0.2, 0) is 16.4 Å². The summed E-state index contributed by atoms with van der Waals surface area (Å²) in [6.07, 6.45) is 4.43. The van der Waals surface area contributed by atoms with E-state index in [2.05, 4.69) is 21.8 Å². The lowest BCUT2D eigenvalue weighted by Crippen LogP contribution is -2.29. The number of hydrogen-bond donors (Lipinski definition) is 1. The molecule has 6 heteroatoms. The van der Waals surface area contributed by atoms with E-state index in [-0.39, 0.29) is 17.7 Å². The highest BCUT2D eigenvalue weighted by Crippen LogP contribution is 2.30. The topological polar surface area (TPSA) is 64.0 Å². The molecule has 2 atom stereocenters. The standard InChI is InChI=1S/C11H19N3O2S/c1-3-14-6-5-13-11(14)10(12-2)9-4-7-17(15,16)8-9/h5-6,9-10,12H,3-4,7-8H2,1-2H3. The average molecular weight is 257 g/mol. The quantitative estimate of drug-likeness (QED) is 0.858. The molecule has 1 fully saturated rings. The summed E-state index contributed by atoms with van der Waals surface area (Å²) >= 11 is 0. The van der Waals surface area contributed by atoms with Crippen molar-refractivity contribution in [3.05, 3.63) is 18.2 Å². The smallest absolute Gasteiger partial charge is 0.150 e. The minimum Gasteiger partial charge on any atom is -0.334 e. The van der Waals surface area contributed by atoms with Gasteiger partial charge in [0.05, 0.1) is 17.5 Å². The minimum absolute atomic E-state index is 0.0298. The van der Waals surface area contributed by atoms with Crippen molar-refractivity contribution in [3.8, 4) is 0 Å². The third kappa shape index (κ3) is 2.52. The van der Waals surface area contributed by atoms with Gasteiger partial charge in [-0.25, -0.2) is 13.4 Å². The van der Waals surface area contributed by atoms with Gasteiger partial charge >= 0.3 is 0 Å². The Hall–Kier alpha value is -0.880. The predicted octanol–water partition coefficient (Wildman–Crippen LogP) is 0.598. The van der Waals surface area contributed by atoms with Gasteiger partial charge < -0.3 is 9.88 Å². The molecular weight excluding hydrogens is 238 g/mol. The van der Waals surface area contributed by atoms with Gasteiger partial charge in [-0.2, -0.15) is 0 Å². The molecule has 1 saturated heterocycles. The van der Waals surface area contributed by atoms with Crippen LogP contribution < -0.4 is 5.32 Å². The fraction of sp³-hybridized carbons (Fsp3) is 0.727. The number of aryl methyl sites for hydroxylation is 1. The molecule has 0 bridgehead atoms. The van der Waals surface area contributed by atoms with Gasteiger partial charge in [-0.1, -0.05) is 0 Å². The maximum Gasteiger partial charge on any atom is 0.150 e. The van der Waals surface area contributed by atoms with E-state index in [0.717, 1.165) is 18.8 Å². The van der Waals surface area contributed by atoms with E-state index in [4.69, 9.17) is 0 Å². The van der Waals surface area contributed by atoms with Crippen LogP contribution in [0.25, 0.3) is 0 Å². The molecule has 2 rings (SSSR count). The predicted molar refractivity (Wildman–Crippen MR) is 66.5 cm³/mol. The van der Waals surface area contributed by atoms with Crippen molar-refractivity contribution in [2.45, 2.75) is 25.9 Å². The SMILES string of the molecule is CCn1ccnc1C(NC)C1CCS(=O)(=O)C1. The van der Waals surface area contributed by atoms with E-state index in [0.29, 0.717) is 5.75 Å². The molecule has 96 valence electrons. The van der Waals surface area contributed by atoms with E-state index in [1.54, 1.807) is 6.20 Å². The maximum atomic E-state index is 11.5. The molecule has 17 heavy (non-hydrogen) atoms. The van der Waals surface area contributed by atoms with Crippen LogP contribution in [0.2, 0.25) is 0 Å². The van der Waals surface area contributed by atoms with E-state index in [1.807, 2.05) is 13.2 Å². The second-order valence-electron chi connectivity index (χ2n) is 4.50. The first kappa shape index (κ1) is 12.6. The van der Waals surface area contributed by atoms with Crippen LogP contribution in [0.3, 0.4) is 0 Å². The molecule has 2 heterocycles. The van der Waals surface area contributed by atoms with Crippen LogP contribution in [0, 0.1) is 5.92 Å². The van der Waals surface area contributed by atoms with Crippen LogP contribution in [-0.4, -0.2) is 36.5 Å².